The van der Waals surface area contributed by atoms with Crippen LogP contribution in [0.25, 0.3) is 0 Å². The van der Waals surface area contributed by atoms with Crippen LogP contribution in [0.1, 0.15) is 25.7 Å². The summed E-state index contributed by atoms with van der Waals surface area (Å²) in [5, 5.41) is 11.8. The van der Waals surface area contributed by atoms with E-state index in [0.717, 1.165) is 25.8 Å². The van der Waals surface area contributed by atoms with Gasteiger partial charge in [0.15, 0.2) is 0 Å². The highest BCUT2D eigenvalue weighted by molar-refractivity contribution is 5.98. The quantitative estimate of drug-likeness (QED) is 0.670. The Hall–Kier alpha value is -1.47. The van der Waals surface area contributed by atoms with E-state index in [-0.39, 0.29) is 24.9 Å². The van der Waals surface area contributed by atoms with Crippen LogP contribution < -0.4 is 5.32 Å². The number of hydrogen-bond donors (Lipinski definition) is 2. The Morgan fingerprint density at radius 1 is 1.20 bits per heavy atom. The molecule has 7 nitrogen and oxygen atoms in total. The minimum atomic E-state index is -0.442. The molecule has 2 fully saturated rings. The van der Waals surface area contributed by atoms with E-state index in [1.54, 1.807) is 0 Å². The Kier molecular flexibility index (Phi) is 5.08. The molecule has 2 saturated heterocycles. The van der Waals surface area contributed by atoms with Gasteiger partial charge in [-0.25, -0.2) is 0 Å². The van der Waals surface area contributed by atoms with Crippen LogP contribution in [0.4, 0.5) is 0 Å². The number of aliphatic hydroxyl groups is 1. The minimum Gasteiger partial charge on any atom is -0.392 e. The highest BCUT2D eigenvalue weighted by Crippen LogP contribution is 2.09. The summed E-state index contributed by atoms with van der Waals surface area (Å²) in [5.74, 6) is -0.856. The van der Waals surface area contributed by atoms with Crippen molar-refractivity contribution in [3.8, 4) is 0 Å². The van der Waals surface area contributed by atoms with Gasteiger partial charge in [-0.1, -0.05) is 0 Å². The standard InChI is InChI=1S/C13H21N3O4/c17-10-3-1-5-15(7-10)8-11(18)14-12(19)9-16-6-2-4-13(16)20/h10,17H,1-9H2,(H,14,18,19). The van der Waals surface area contributed by atoms with Crippen molar-refractivity contribution >= 4 is 17.7 Å². The van der Waals surface area contributed by atoms with Gasteiger partial charge in [-0.2, -0.15) is 0 Å². The van der Waals surface area contributed by atoms with Crippen LogP contribution in [0, 0.1) is 0 Å². The molecule has 0 aromatic carbocycles. The first-order chi connectivity index (χ1) is 9.54. The van der Waals surface area contributed by atoms with E-state index in [0.29, 0.717) is 19.5 Å². The molecule has 2 aliphatic heterocycles. The summed E-state index contributed by atoms with van der Waals surface area (Å²) in [6, 6.07) is 0. The number of piperidine rings is 1. The monoisotopic (exact) mass is 283 g/mol. The molecule has 0 radical (unpaired) electrons. The molecule has 0 aliphatic carbocycles. The number of β-amino-alcohol motifs (C(OH)–C–C–N with tert-alkyl or cyclic N) is 1. The fourth-order valence-corrected chi connectivity index (χ4v) is 2.66. The second-order valence-electron chi connectivity index (χ2n) is 5.42. The summed E-state index contributed by atoms with van der Waals surface area (Å²) >= 11 is 0. The summed E-state index contributed by atoms with van der Waals surface area (Å²) in [7, 11) is 0. The van der Waals surface area contributed by atoms with Gasteiger partial charge in [0.1, 0.15) is 0 Å². The van der Waals surface area contributed by atoms with Crippen molar-refractivity contribution in [2.45, 2.75) is 31.8 Å². The number of carbonyl (C=O) groups is 3. The molecule has 3 amide bonds. The number of aliphatic hydroxyl groups excluding tert-OH is 1. The molecule has 20 heavy (non-hydrogen) atoms. The van der Waals surface area contributed by atoms with Crippen molar-refractivity contribution < 1.29 is 19.5 Å². The zero-order valence-electron chi connectivity index (χ0n) is 11.5. The molecule has 2 rings (SSSR count). The lowest BCUT2D eigenvalue weighted by molar-refractivity contribution is -0.136. The zero-order chi connectivity index (χ0) is 14.5. The van der Waals surface area contributed by atoms with Crippen LogP contribution in [0.3, 0.4) is 0 Å². The van der Waals surface area contributed by atoms with Crippen molar-refractivity contribution in [2.24, 2.45) is 0 Å². The van der Waals surface area contributed by atoms with E-state index in [4.69, 9.17) is 0 Å². The van der Waals surface area contributed by atoms with Crippen LogP contribution in [0.5, 0.6) is 0 Å². The summed E-state index contributed by atoms with van der Waals surface area (Å²) in [6.07, 6.45) is 2.46. The second kappa shape index (κ2) is 6.81. The lowest BCUT2D eigenvalue weighted by atomic mass is 10.1. The molecule has 0 aromatic rings. The van der Waals surface area contributed by atoms with E-state index >= 15 is 0 Å². The Morgan fingerprint density at radius 3 is 2.60 bits per heavy atom. The number of imide groups is 1. The largest absolute Gasteiger partial charge is 0.392 e. The van der Waals surface area contributed by atoms with Gasteiger partial charge in [-0.3, -0.25) is 24.6 Å². The molecule has 0 spiro atoms. The van der Waals surface area contributed by atoms with Crippen LogP contribution in [-0.4, -0.2) is 71.5 Å². The average molecular weight is 283 g/mol. The minimum absolute atomic E-state index is 0.0354. The number of rotatable bonds is 4. The molecule has 1 atom stereocenters. The molecule has 2 N–H and O–H groups in total. The number of nitrogens with one attached hydrogen (secondary N) is 1. The van der Waals surface area contributed by atoms with Gasteiger partial charge in [0.2, 0.25) is 17.7 Å². The molecule has 0 aromatic heterocycles. The van der Waals surface area contributed by atoms with Gasteiger partial charge in [-0.15, -0.1) is 0 Å². The molecule has 112 valence electrons. The maximum absolute atomic E-state index is 11.7. The van der Waals surface area contributed by atoms with Crippen molar-refractivity contribution in [3.63, 3.8) is 0 Å². The van der Waals surface area contributed by atoms with Crippen molar-refractivity contribution in [1.82, 2.24) is 15.1 Å². The van der Waals surface area contributed by atoms with Crippen LogP contribution in [0.2, 0.25) is 0 Å². The molecule has 7 heteroatoms. The lowest BCUT2D eigenvalue weighted by Crippen LogP contribution is -2.47. The van der Waals surface area contributed by atoms with Gasteiger partial charge in [0.25, 0.3) is 0 Å². The van der Waals surface area contributed by atoms with E-state index in [2.05, 4.69) is 5.32 Å². The number of nitrogens with zero attached hydrogens (tertiary/aromatic N) is 2. The topological polar surface area (TPSA) is 90.0 Å². The Morgan fingerprint density at radius 2 is 1.95 bits per heavy atom. The first-order valence-electron chi connectivity index (χ1n) is 7.05. The number of likely N-dealkylation sites (tertiary alicyclic amines) is 2. The summed E-state index contributed by atoms with van der Waals surface area (Å²) in [4.78, 5) is 38.1. The first-order valence-corrected chi connectivity index (χ1v) is 7.05. The Balaban J connectivity index is 1.70. The summed E-state index contributed by atoms with van der Waals surface area (Å²) in [6.45, 7) is 1.86. The molecule has 2 aliphatic rings. The fraction of sp³-hybridized carbons (Fsp3) is 0.769. The van der Waals surface area contributed by atoms with E-state index in [1.165, 1.54) is 4.90 Å². The number of hydrogen-bond acceptors (Lipinski definition) is 5. The van der Waals surface area contributed by atoms with Crippen LogP contribution in [0.15, 0.2) is 0 Å². The highest BCUT2D eigenvalue weighted by Gasteiger charge is 2.24. The fourth-order valence-electron chi connectivity index (χ4n) is 2.66. The van der Waals surface area contributed by atoms with E-state index < -0.39 is 12.0 Å². The Labute approximate surface area is 117 Å². The highest BCUT2D eigenvalue weighted by atomic mass is 16.3. The second-order valence-corrected chi connectivity index (χ2v) is 5.42. The maximum atomic E-state index is 11.7. The maximum Gasteiger partial charge on any atom is 0.246 e. The number of carbonyl (C=O) groups excluding carboxylic acids is 3. The predicted molar refractivity (Wildman–Crippen MR) is 70.6 cm³/mol. The molecule has 2 heterocycles. The van der Waals surface area contributed by atoms with Gasteiger partial charge in [-0.05, 0) is 25.8 Å². The Bertz CT molecular complexity index is 399. The molecular weight excluding hydrogens is 262 g/mol. The molecule has 0 bridgehead atoms. The van der Waals surface area contributed by atoms with Crippen molar-refractivity contribution in [3.05, 3.63) is 0 Å². The smallest absolute Gasteiger partial charge is 0.246 e. The van der Waals surface area contributed by atoms with Crippen molar-refractivity contribution in [1.29, 1.82) is 0 Å². The average Bonchev–Trinajstić information content (AvgIpc) is 2.74. The van der Waals surface area contributed by atoms with E-state index in [1.807, 2.05) is 4.90 Å². The SMILES string of the molecule is O=C(CN1CCCC(O)C1)NC(=O)CN1CCCC1=O. The molecular formula is C13H21N3O4. The first kappa shape index (κ1) is 14.9. The van der Waals surface area contributed by atoms with Crippen LogP contribution in [-0.2, 0) is 14.4 Å². The van der Waals surface area contributed by atoms with Gasteiger partial charge in [0, 0.05) is 19.5 Å². The normalized spacial score (nSPS) is 23.9. The van der Waals surface area contributed by atoms with Crippen molar-refractivity contribution in [2.75, 3.05) is 32.7 Å². The third kappa shape index (κ3) is 4.28. The summed E-state index contributed by atoms with van der Waals surface area (Å²) < 4.78 is 0. The van der Waals surface area contributed by atoms with Gasteiger partial charge >= 0.3 is 0 Å². The van der Waals surface area contributed by atoms with Crippen LogP contribution >= 0.6 is 0 Å². The molecule has 0 saturated carbocycles. The molecule has 1 unspecified atom stereocenters. The zero-order valence-corrected chi connectivity index (χ0v) is 11.5. The lowest BCUT2D eigenvalue weighted by Gasteiger charge is -2.29. The predicted octanol–water partition coefficient (Wildman–Crippen LogP) is -1.29. The third-order valence-electron chi connectivity index (χ3n) is 3.63. The third-order valence-corrected chi connectivity index (χ3v) is 3.63. The number of amides is 3. The van der Waals surface area contributed by atoms with Gasteiger partial charge < -0.3 is 10.0 Å². The van der Waals surface area contributed by atoms with E-state index in [9.17, 15) is 19.5 Å². The van der Waals surface area contributed by atoms with Gasteiger partial charge in [0.05, 0.1) is 19.2 Å². The summed E-state index contributed by atoms with van der Waals surface area (Å²) in [5.41, 5.74) is 0.